The van der Waals surface area contributed by atoms with E-state index in [1.807, 2.05) is 12.4 Å². The molecule has 2 rings (SSSR count). The molecule has 2 aromatic heterocycles. The van der Waals surface area contributed by atoms with Crippen LogP contribution < -0.4 is 4.57 Å². The number of rotatable bonds is 3. The van der Waals surface area contributed by atoms with Crippen LogP contribution in [0.1, 0.15) is 22.3 Å². The fourth-order valence-electron chi connectivity index (χ4n) is 1.96. The third-order valence-electron chi connectivity index (χ3n) is 2.57. The van der Waals surface area contributed by atoms with E-state index in [4.69, 9.17) is 11.6 Å². The number of alkyl halides is 1. The fourth-order valence-corrected chi connectivity index (χ4v) is 2.10. The van der Waals surface area contributed by atoms with Crippen LogP contribution in [0.2, 0.25) is 0 Å². The lowest BCUT2D eigenvalue weighted by molar-refractivity contribution is -0.689. The molecule has 2 aromatic rings. The van der Waals surface area contributed by atoms with Crippen molar-refractivity contribution in [2.24, 2.45) is 0 Å². The van der Waals surface area contributed by atoms with Crippen molar-refractivity contribution < 1.29 is 4.57 Å². The van der Waals surface area contributed by atoms with Crippen LogP contribution in [0.5, 0.6) is 0 Å². The van der Waals surface area contributed by atoms with Crippen molar-refractivity contribution in [3.05, 3.63) is 59.2 Å². The molecule has 3 heteroatoms. The average molecular weight is 248 g/mol. The molecule has 0 N–H and O–H groups in total. The highest BCUT2D eigenvalue weighted by molar-refractivity contribution is 6.17. The molecule has 2 heterocycles. The maximum absolute atomic E-state index is 5.87. The number of hydrogen-bond donors (Lipinski definition) is 0. The van der Waals surface area contributed by atoms with Gasteiger partial charge in [0.05, 0.1) is 5.88 Å². The summed E-state index contributed by atoms with van der Waals surface area (Å²) in [4.78, 5) is 4.21. The van der Waals surface area contributed by atoms with E-state index in [-0.39, 0.29) is 0 Å². The number of aromatic nitrogens is 2. The Hall–Kier alpha value is -1.41. The van der Waals surface area contributed by atoms with E-state index in [1.54, 1.807) is 0 Å². The summed E-state index contributed by atoms with van der Waals surface area (Å²) in [5.74, 6) is 0.549. The smallest absolute Gasteiger partial charge is 0.175 e. The minimum absolute atomic E-state index is 0.549. The SMILES string of the molecule is Cc1cncc(C[n+]2cc(C)cc(CCl)c2)c1. The van der Waals surface area contributed by atoms with Gasteiger partial charge in [-0.1, -0.05) is 0 Å². The monoisotopic (exact) mass is 247 g/mol. The molecule has 17 heavy (non-hydrogen) atoms. The molecule has 0 amide bonds. The first kappa shape index (κ1) is 12.1. The molecule has 0 aliphatic rings. The molecule has 0 spiro atoms. The first-order valence-electron chi connectivity index (χ1n) is 5.63. The summed E-state index contributed by atoms with van der Waals surface area (Å²) < 4.78 is 2.16. The highest BCUT2D eigenvalue weighted by Crippen LogP contribution is 2.05. The second kappa shape index (κ2) is 5.28. The van der Waals surface area contributed by atoms with Gasteiger partial charge >= 0.3 is 0 Å². The Morgan fingerprint density at radius 3 is 2.53 bits per heavy atom. The van der Waals surface area contributed by atoms with Crippen LogP contribution in [0.3, 0.4) is 0 Å². The van der Waals surface area contributed by atoms with Gasteiger partial charge < -0.3 is 0 Å². The lowest BCUT2D eigenvalue weighted by atomic mass is 10.2. The summed E-state index contributed by atoms with van der Waals surface area (Å²) >= 11 is 5.87. The fraction of sp³-hybridized carbons (Fsp3) is 0.286. The number of nitrogens with zero attached hydrogens (tertiary/aromatic N) is 2. The third kappa shape index (κ3) is 3.27. The third-order valence-corrected chi connectivity index (χ3v) is 2.87. The standard InChI is InChI=1S/C14H16ClN2/c1-11-3-14(7-16-6-11)10-17-8-12(2)4-13(5-15)9-17/h3-4,6-9H,5,10H2,1-2H3/q+1. The molecule has 0 unspecified atom stereocenters. The normalized spacial score (nSPS) is 10.5. The Bertz CT molecular complexity index is 523. The summed E-state index contributed by atoms with van der Waals surface area (Å²) in [7, 11) is 0. The molecule has 88 valence electrons. The molecule has 0 aliphatic carbocycles. The van der Waals surface area contributed by atoms with Crippen molar-refractivity contribution in [2.45, 2.75) is 26.3 Å². The van der Waals surface area contributed by atoms with E-state index < -0.39 is 0 Å². The first-order chi connectivity index (χ1) is 8.17. The average Bonchev–Trinajstić information content (AvgIpc) is 2.28. The second-order valence-corrected chi connectivity index (χ2v) is 4.67. The Morgan fingerprint density at radius 1 is 1.06 bits per heavy atom. The second-order valence-electron chi connectivity index (χ2n) is 4.40. The van der Waals surface area contributed by atoms with E-state index in [9.17, 15) is 0 Å². The maximum atomic E-state index is 5.87. The van der Waals surface area contributed by atoms with Crippen molar-refractivity contribution in [3.8, 4) is 0 Å². The zero-order valence-corrected chi connectivity index (χ0v) is 10.9. The lowest BCUT2D eigenvalue weighted by Gasteiger charge is -2.02. The predicted octanol–water partition coefficient (Wildman–Crippen LogP) is 2.77. The van der Waals surface area contributed by atoms with Crippen LogP contribution in [-0.2, 0) is 12.4 Å². The van der Waals surface area contributed by atoms with Gasteiger partial charge in [0, 0.05) is 29.1 Å². The summed E-state index contributed by atoms with van der Waals surface area (Å²) in [6.45, 7) is 4.98. The van der Waals surface area contributed by atoms with Crippen LogP contribution in [0.4, 0.5) is 0 Å². The van der Waals surface area contributed by atoms with Gasteiger partial charge in [-0.2, -0.15) is 0 Å². The zero-order chi connectivity index (χ0) is 12.3. The Balaban J connectivity index is 2.26. The van der Waals surface area contributed by atoms with Crippen molar-refractivity contribution >= 4 is 11.6 Å². The van der Waals surface area contributed by atoms with Gasteiger partial charge in [-0.25, -0.2) is 4.57 Å². The van der Waals surface area contributed by atoms with Gasteiger partial charge in [-0.15, -0.1) is 11.6 Å². The minimum atomic E-state index is 0.549. The van der Waals surface area contributed by atoms with Crippen LogP contribution in [0.25, 0.3) is 0 Å². The number of aryl methyl sites for hydroxylation is 2. The number of halogens is 1. The quantitative estimate of drug-likeness (QED) is 0.602. The Kier molecular flexibility index (Phi) is 3.75. The molecule has 0 aromatic carbocycles. The lowest BCUT2D eigenvalue weighted by Crippen LogP contribution is -2.34. The molecular weight excluding hydrogens is 232 g/mol. The molecule has 2 nitrogen and oxygen atoms in total. The molecule has 0 radical (unpaired) electrons. The van der Waals surface area contributed by atoms with E-state index in [0.717, 1.165) is 12.1 Å². The molecule has 0 saturated carbocycles. The number of pyridine rings is 2. The van der Waals surface area contributed by atoms with E-state index in [0.29, 0.717) is 5.88 Å². The van der Waals surface area contributed by atoms with Gasteiger partial charge in [0.15, 0.2) is 18.9 Å². The van der Waals surface area contributed by atoms with E-state index in [1.165, 1.54) is 16.7 Å². The molecule has 0 fully saturated rings. The van der Waals surface area contributed by atoms with E-state index in [2.05, 4.69) is 47.9 Å². The summed E-state index contributed by atoms with van der Waals surface area (Å²) in [5, 5.41) is 0. The highest BCUT2D eigenvalue weighted by Gasteiger charge is 2.06. The van der Waals surface area contributed by atoms with Crippen LogP contribution in [0.15, 0.2) is 36.9 Å². The van der Waals surface area contributed by atoms with Gasteiger partial charge in [0.2, 0.25) is 0 Å². The highest BCUT2D eigenvalue weighted by atomic mass is 35.5. The minimum Gasteiger partial charge on any atom is -0.264 e. The van der Waals surface area contributed by atoms with Gasteiger partial charge in [-0.05, 0) is 31.5 Å². The van der Waals surface area contributed by atoms with Gasteiger partial charge in [0.1, 0.15) is 0 Å². The topological polar surface area (TPSA) is 16.8 Å². The number of hydrogen-bond acceptors (Lipinski definition) is 1. The van der Waals surface area contributed by atoms with E-state index >= 15 is 0 Å². The summed E-state index contributed by atoms with van der Waals surface area (Å²) in [6, 6.07) is 4.26. The summed E-state index contributed by atoms with van der Waals surface area (Å²) in [6.07, 6.45) is 7.98. The zero-order valence-electron chi connectivity index (χ0n) is 10.2. The molecule has 0 saturated heterocycles. The van der Waals surface area contributed by atoms with Crippen LogP contribution >= 0.6 is 11.6 Å². The van der Waals surface area contributed by atoms with Gasteiger partial charge in [-0.3, -0.25) is 4.98 Å². The van der Waals surface area contributed by atoms with Crippen LogP contribution in [0, 0.1) is 13.8 Å². The Labute approximate surface area is 107 Å². The first-order valence-corrected chi connectivity index (χ1v) is 6.17. The maximum Gasteiger partial charge on any atom is 0.175 e. The van der Waals surface area contributed by atoms with Crippen molar-refractivity contribution in [1.82, 2.24) is 4.98 Å². The predicted molar refractivity (Wildman–Crippen MR) is 69.0 cm³/mol. The van der Waals surface area contributed by atoms with Crippen molar-refractivity contribution in [2.75, 3.05) is 0 Å². The van der Waals surface area contributed by atoms with Gasteiger partial charge in [0.25, 0.3) is 0 Å². The van der Waals surface area contributed by atoms with Crippen molar-refractivity contribution in [3.63, 3.8) is 0 Å². The van der Waals surface area contributed by atoms with Crippen molar-refractivity contribution in [1.29, 1.82) is 0 Å². The largest absolute Gasteiger partial charge is 0.264 e. The Morgan fingerprint density at radius 2 is 1.82 bits per heavy atom. The van der Waals surface area contributed by atoms with Crippen LogP contribution in [-0.4, -0.2) is 4.98 Å². The molecule has 0 atom stereocenters. The molecular formula is C14H16ClN2+. The molecule has 0 aliphatic heterocycles. The summed E-state index contributed by atoms with van der Waals surface area (Å²) in [5.41, 5.74) is 4.77. The molecule has 0 bridgehead atoms.